The molecule has 146 valence electrons. The second kappa shape index (κ2) is 7.98. The monoisotopic (exact) mass is 372 g/mol. The Morgan fingerprint density at radius 2 is 1.96 bits per heavy atom. The van der Waals surface area contributed by atoms with Gasteiger partial charge in [0, 0.05) is 19.1 Å². The van der Waals surface area contributed by atoms with E-state index in [0.29, 0.717) is 31.4 Å². The lowest BCUT2D eigenvalue weighted by atomic mass is 10.1. The predicted octanol–water partition coefficient (Wildman–Crippen LogP) is 3.84. The van der Waals surface area contributed by atoms with Crippen LogP contribution < -0.4 is 10.1 Å². The van der Waals surface area contributed by atoms with Crippen LogP contribution >= 0.6 is 0 Å². The Bertz CT molecular complexity index is 803. The molecular formula is C20H28N4O3. The molecule has 1 aromatic carbocycles. The molecule has 0 aliphatic carbocycles. The van der Waals surface area contributed by atoms with Crippen molar-refractivity contribution in [1.29, 1.82) is 0 Å². The van der Waals surface area contributed by atoms with Crippen LogP contribution in [0.25, 0.3) is 11.0 Å². The fourth-order valence-electron chi connectivity index (χ4n) is 3.10. The van der Waals surface area contributed by atoms with Gasteiger partial charge in [-0.05, 0) is 52.7 Å². The maximum absolute atomic E-state index is 12.4. The van der Waals surface area contributed by atoms with Crippen molar-refractivity contribution in [2.45, 2.75) is 52.2 Å². The van der Waals surface area contributed by atoms with E-state index in [4.69, 9.17) is 9.47 Å². The van der Waals surface area contributed by atoms with Crippen molar-refractivity contribution in [2.24, 2.45) is 0 Å². The van der Waals surface area contributed by atoms with Gasteiger partial charge < -0.3 is 19.7 Å². The van der Waals surface area contributed by atoms with Crippen LogP contribution in [0, 0.1) is 0 Å². The van der Waals surface area contributed by atoms with Crippen LogP contribution in [0.5, 0.6) is 5.88 Å². The molecule has 1 aliphatic heterocycles. The van der Waals surface area contributed by atoms with Crippen LogP contribution in [0.4, 0.5) is 10.6 Å². The third-order valence-corrected chi connectivity index (χ3v) is 4.23. The number of carbonyl (C=O) groups excluding carboxylic acids is 1. The maximum Gasteiger partial charge on any atom is 0.410 e. The number of rotatable bonds is 4. The first-order chi connectivity index (χ1) is 12.9. The molecular weight excluding hydrogens is 344 g/mol. The zero-order chi connectivity index (χ0) is 19.4. The summed E-state index contributed by atoms with van der Waals surface area (Å²) in [6.45, 7) is 9.34. The minimum atomic E-state index is -0.497. The van der Waals surface area contributed by atoms with Gasteiger partial charge in [0.15, 0.2) is 5.82 Å². The van der Waals surface area contributed by atoms with E-state index in [1.807, 2.05) is 52.0 Å². The van der Waals surface area contributed by atoms with Gasteiger partial charge in [-0.25, -0.2) is 14.8 Å². The molecule has 0 saturated carbocycles. The number of anilines is 1. The first-order valence-electron chi connectivity index (χ1n) is 9.50. The number of aromatic nitrogens is 2. The average Bonchev–Trinajstić information content (AvgIpc) is 2.61. The number of likely N-dealkylation sites (tertiary alicyclic amines) is 1. The van der Waals surface area contributed by atoms with Gasteiger partial charge in [0.1, 0.15) is 5.60 Å². The van der Waals surface area contributed by atoms with E-state index in [0.717, 1.165) is 23.9 Å². The number of amides is 1. The molecule has 0 unspecified atom stereocenters. The highest BCUT2D eigenvalue weighted by Gasteiger charge is 2.28. The van der Waals surface area contributed by atoms with Gasteiger partial charge in [-0.3, -0.25) is 0 Å². The van der Waals surface area contributed by atoms with Crippen molar-refractivity contribution in [3.05, 3.63) is 24.3 Å². The number of carbonyl (C=O) groups is 1. The molecule has 1 atom stereocenters. The standard InChI is InChI=1S/C20H28N4O3/c1-5-26-18-17(22-15-10-6-7-11-16(15)23-18)21-14-9-8-12-24(13-14)19(25)27-20(2,3)4/h6-7,10-11,14H,5,8-9,12-13H2,1-4H3,(H,21,22)/t14-/m0/s1. The van der Waals surface area contributed by atoms with Crippen molar-refractivity contribution < 1.29 is 14.3 Å². The number of hydrogen-bond donors (Lipinski definition) is 1. The summed E-state index contributed by atoms with van der Waals surface area (Å²) in [6, 6.07) is 7.78. The molecule has 3 rings (SSSR count). The van der Waals surface area contributed by atoms with Crippen molar-refractivity contribution in [2.75, 3.05) is 25.0 Å². The van der Waals surface area contributed by atoms with Crippen LogP contribution in [0.1, 0.15) is 40.5 Å². The molecule has 0 bridgehead atoms. The number of nitrogens with one attached hydrogen (secondary N) is 1. The van der Waals surface area contributed by atoms with E-state index in [1.165, 1.54) is 0 Å². The van der Waals surface area contributed by atoms with Gasteiger partial charge in [0.25, 0.3) is 5.88 Å². The summed E-state index contributed by atoms with van der Waals surface area (Å²) < 4.78 is 11.2. The van der Waals surface area contributed by atoms with Crippen LogP contribution in [0.3, 0.4) is 0 Å². The summed E-state index contributed by atoms with van der Waals surface area (Å²) in [5.41, 5.74) is 1.11. The van der Waals surface area contributed by atoms with E-state index in [9.17, 15) is 4.79 Å². The fourth-order valence-corrected chi connectivity index (χ4v) is 3.10. The molecule has 7 nitrogen and oxygen atoms in total. The summed E-state index contributed by atoms with van der Waals surface area (Å²) in [7, 11) is 0. The van der Waals surface area contributed by atoms with E-state index in [1.54, 1.807) is 4.90 Å². The first kappa shape index (κ1) is 19.2. The summed E-state index contributed by atoms with van der Waals surface area (Å²) >= 11 is 0. The number of piperidine rings is 1. The minimum absolute atomic E-state index is 0.0703. The Balaban J connectivity index is 1.75. The summed E-state index contributed by atoms with van der Waals surface area (Å²) in [5, 5.41) is 3.43. The molecule has 1 fully saturated rings. The van der Waals surface area contributed by atoms with E-state index in [-0.39, 0.29) is 12.1 Å². The Morgan fingerprint density at radius 3 is 2.63 bits per heavy atom. The second-order valence-electron chi connectivity index (χ2n) is 7.71. The Kier molecular flexibility index (Phi) is 5.68. The molecule has 27 heavy (non-hydrogen) atoms. The molecule has 1 saturated heterocycles. The number of fused-ring (bicyclic) bond motifs is 1. The van der Waals surface area contributed by atoms with E-state index >= 15 is 0 Å². The number of ether oxygens (including phenoxy) is 2. The van der Waals surface area contributed by atoms with E-state index < -0.39 is 5.60 Å². The Labute approximate surface area is 160 Å². The third-order valence-electron chi connectivity index (χ3n) is 4.23. The SMILES string of the molecule is CCOc1nc2ccccc2nc1N[C@H]1CCCN(C(=O)OC(C)(C)C)C1. The highest BCUT2D eigenvalue weighted by atomic mass is 16.6. The highest BCUT2D eigenvalue weighted by Crippen LogP contribution is 2.26. The van der Waals surface area contributed by atoms with Gasteiger partial charge in [-0.2, -0.15) is 0 Å². The average molecular weight is 372 g/mol. The van der Waals surface area contributed by atoms with Crippen molar-refractivity contribution >= 4 is 22.9 Å². The Hall–Kier alpha value is -2.57. The Morgan fingerprint density at radius 1 is 1.26 bits per heavy atom. The van der Waals surface area contributed by atoms with Gasteiger partial charge in [-0.1, -0.05) is 12.1 Å². The molecule has 1 aliphatic rings. The fraction of sp³-hybridized carbons (Fsp3) is 0.550. The van der Waals surface area contributed by atoms with Crippen molar-refractivity contribution in [3.8, 4) is 5.88 Å². The van der Waals surface area contributed by atoms with Gasteiger partial charge in [0.05, 0.1) is 17.6 Å². The molecule has 7 heteroatoms. The largest absolute Gasteiger partial charge is 0.475 e. The van der Waals surface area contributed by atoms with Gasteiger partial charge in [-0.15, -0.1) is 0 Å². The van der Waals surface area contributed by atoms with Gasteiger partial charge in [0.2, 0.25) is 0 Å². The van der Waals surface area contributed by atoms with Crippen molar-refractivity contribution in [1.82, 2.24) is 14.9 Å². The van der Waals surface area contributed by atoms with Crippen LogP contribution in [0.15, 0.2) is 24.3 Å². The van der Waals surface area contributed by atoms with Crippen molar-refractivity contribution in [3.63, 3.8) is 0 Å². The number of hydrogen-bond acceptors (Lipinski definition) is 6. The molecule has 1 amide bonds. The normalized spacial score (nSPS) is 17.6. The number of benzene rings is 1. The molecule has 2 heterocycles. The zero-order valence-corrected chi connectivity index (χ0v) is 16.5. The number of nitrogens with zero attached hydrogens (tertiary/aromatic N) is 3. The maximum atomic E-state index is 12.4. The second-order valence-corrected chi connectivity index (χ2v) is 7.71. The summed E-state index contributed by atoms with van der Waals surface area (Å²) in [4.78, 5) is 23.4. The van der Waals surface area contributed by atoms with Crippen LogP contribution in [0.2, 0.25) is 0 Å². The minimum Gasteiger partial charge on any atom is -0.475 e. The predicted molar refractivity (Wildman–Crippen MR) is 105 cm³/mol. The topological polar surface area (TPSA) is 76.6 Å². The molecule has 1 N–H and O–H groups in total. The third kappa shape index (κ3) is 4.99. The van der Waals surface area contributed by atoms with Crippen LogP contribution in [-0.4, -0.2) is 52.3 Å². The molecule has 1 aromatic heterocycles. The summed E-state index contributed by atoms with van der Waals surface area (Å²) in [6.07, 6.45) is 1.57. The van der Waals surface area contributed by atoms with E-state index in [2.05, 4.69) is 15.3 Å². The molecule has 2 aromatic rings. The lowest BCUT2D eigenvalue weighted by molar-refractivity contribution is 0.0206. The molecule has 0 radical (unpaired) electrons. The highest BCUT2D eigenvalue weighted by molar-refractivity contribution is 5.77. The zero-order valence-electron chi connectivity index (χ0n) is 16.5. The smallest absolute Gasteiger partial charge is 0.410 e. The van der Waals surface area contributed by atoms with Crippen LogP contribution in [-0.2, 0) is 4.74 Å². The quantitative estimate of drug-likeness (QED) is 0.879. The van der Waals surface area contributed by atoms with Gasteiger partial charge >= 0.3 is 6.09 Å². The first-order valence-corrected chi connectivity index (χ1v) is 9.50. The molecule has 0 spiro atoms. The summed E-state index contributed by atoms with van der Waals surface area (Å²) in [5.74, 6) is 1.11. The lowest BCUT2D eigenvalue weighted by Crippen LogP contribution is -2.47. The number of para-hydroxylation sites is 2. The lowest BCUT2D eigenvalue weighted by Gasteiger charge is -2.34.